The molecule has 0 spiro atoms. The summed E-state index contributed by atoms with van der Waals surface area (Å²) in [5, 5.41) is 12.3. The molecule has 1 N–H and O–H groups in total. The van der Waals surface area contributed by atoms with E-state index in [0.29, 0.717) is 11.7 Å². The van der Waals surface area contributed by atoms with Crippen molar-refractivity contribution in [2.75, 3.05) is 18.1 Å². The molecule has 1 aromatic heterocycles. The first kappa shape index (κ1) is 20.3. The van der Waals surface area contributed by atoms with E-state index in [9.17, 15) is 9.18 Å². The van der Waals surface area contributed by atoms with Gasteiger partial charge in [-0.05, 0) is 48.7 Å². The zero-order valence-electron chi connectivity index (χ0n) is 15.9. The average Bonchev–Trinajstić information content (AvgIpc) is 3.11. The van der Waals surface area contributed by atoms with Crippen LogP contribution in [-0.4, -0.2) is 33.8 Å². The molecule has 0 fully saturated rings. The molecule has 0 saturated carbocycles. The molecule has 1 heterocycles. The molecule has 0 aliphatic heterocycles. The maximum Gasteiger partial charge on any atom is 0.233 e. The van der Waals surface area contributed by atoms with E-state index >= 15 is 0 Å². The Bertz CT molecular complexity index is 976. The number of carbonyl (C=O) groups excluding carboxylic acids is 1. The minimum absolute atomic E-state index is 0.0477. The second kappa shape index (κ2) is 9.16. The second-order valence-electron chi connectivity index (χ2n) is 6.41. The van der Waals surface area contributed by atoms with Gasteiger partial charge in [0.05, 0.1) is 5.75 Å². The van der Waals surface area contributed by atoms with E-state index in [1.165, 1.54) is 46.4 Å². The van der Waals surface area contributed by atoms with Crippen molar-refractivity contribution in [3.63, 3.8) is 0 Å². The number of hydrogen-bond acceptors (Lipinski definition) is 6. The monoisotopic (exact) mass is 416 g/mol. The number of carbonyl (C=O) groups is 1. The molecule has 8 heteroatoms. The fourth-order valence-corrected chi connectivity index (χ4v) is 4.26. The summed E-state index contributed by atoms with van der Waals surface area (Å²) >= 11 is 2.76. The molecule has 5 nitrogen and oxygen atoms in total. The summed E-state index contributed by atoms with van der Waals surface area (Å²) in [7, 11) is 1.71. The normalized spacial score (nSPS) is 10.7. The number of thioether (sulfide) groups is 1. The molecule has 0 aliphatic rings. The molecule has 0 unspecified atom stereocenters. The fraction of sp³-hybridized carbons (Fsp3) is 0.250. The molecule has 0 atom stereocenters. The summed E-state index contributed by atoms with van der Waals surface area (Å²) < 4.78 is 14.0. The van der Waals surface area contributed by atoms with E-state index in [0.717, 1.165) is 15.6 Å². The van der Waals surface area contributed by atoms with Crippen LogP contribution in [0.1, 0.15) is 16.7 Å². The number of aromatic nitrogens is 2. The highest BCUT2D eigenvalue weighted by atomic mass is 32.2. The molecule has 146 valence electrons. The van der Waals surface area contributed by atoms with Crippen molar-refractivity contribution >= 4 is 39.8 Å². The van der Waals surface area contributed by atoms with Gasteiger partial charge in [0.25, 0.3) is 0 Å². The van der Waals surface area contributed by atoms with E-state index < -0.39 is 0 Å². The molecule has 0 aliphatic carbocycles. The van der Waals surface area contributed by atoms with Crippen LogP contribution < -0.4 is 5.32 Å². The second-order valence-corrected chi connectivity index (χ2v) is 8.61. The van der Waals surface area contributed by atoms with Crippen LogP contribution in [0.4, 0.5) is 15.2 Å². The van der Waals surface area contributed by atoms with Gasteiger partial charge in [-0.3, -0.25) is 4.79 Å². The molecular weight excluding hydrogens is 395 g/mol. The smallest absolute Gasteiger partial charge is 0.233 e. The first-order valence-corrected chi connectivity index (χ1v) is 10.5. The third-order valence-electron chi connectivity index (χ3n) is 4.31. The van der Waals surface area contributed by atoms with Crippen LogP contribution in [0.2, 0.25) is 0 Å². The molecule has 1 amide bonds. The maximum atomic E-state index is 13.3. The lowest BCUT2D eigenvalue weighted by atomic mass is 10.1. The van der Waals surface area contributed by atoms with Gasteiger partial charge in [0.15, 0.2) is 4.34 Å². The van der Waals surface area contributed by atoms with Crippen molar-refractivity contribution in [2.24, 2.45) is 0 Å². The lowest BCUT2D eigenvalue weighted by Crippen LogP contribution is -2.27. The average molecular weight is 417 g/mol. The van der Waals surface area contributed by atoms with Gasteiger partial charge in [0.1, 0.15) is 5.82 Å². The van der Waals surface area contributed by atoms with Crippen LogP contribution in [0.3, 0.4) is 0 Å². The number of nitrogens with one attached hydrogen (secondary N) is 1. The van der Waals surface area contributed by atoms with Crippen LogP contribution in [0.15, 0.2) is 46.8 Å². The number of anilines is 2. The van der Waals surface area contributed by atoms with Crippen molar-refractivity contribution in [1.82, 2.24) is 15.1 Å². The largest absolute Gasteiger partial charge is 0.341 e. The SMILES string of the molecule is Cc1cccc(Nc2nnc(SCC(=O)N(C)Cc3cccc(F)c3)s2)c1C. The zero-order chi connectivity index (χ0) is 20.1. The third kappa shape index (κ3) is 5.30. The molecule has 0 radical (unpaired) electrons. The van der Waals surface area contributed by atoms with E-state index in [1.807, 2.05) is 12.1 Å². The van der Waals surface area contributed by atoms with Crippen molar-refractivity contribution in [2.45, 2.75) is 24.7 Å². The highest BCUT2D eigenvalue weighted by Gasteiger charge is 2.13. The predicted molar refractivity (Wildman–Crippen MR) is 113 cm³/mol. The Balaban J connectivity index is 1.53. The van der Waals surface area contributed by atoms with Crippen molar-refractivity contribution in [3.05, 3.63) is 65.0 Å². The summed E-state index contributed by atoms with van der Waals surface area (Å²) in [6.07, 6.45) is 0. The highest BCUT2D eigenvalue weighted by Crippen LogP contribution is 2.29. The number of hydrogen-bond donors (Lipinski definition) is 1. The number of benzene rings is 2. The number of nitrogens with zero attached hydrogens (tertiary/aromatic N) is 3. The first-order valence-electron chi connectivity index (χ1n) is 8.70. The quantitative estimate of drug-likeness (QED) is 0.561. The van der Waals surface area contributed by atoms with E-state index in [2.05, 4.69) is 35.4 Å². The van der Waals surface area contributed by atoms with Gasteiger partial charge >= 0.3 is 0 Å². The Morgan fingerprint density at radius 3 is 2.79 bits per heavy atom. The number of aryl methyl sites for hydroxylation is 1. The molecule has 3 rings (SSSR count). The summed E-state index contributed by atoms with van der Waals surface area (Å²) in [6, 6.07) is 12.3. The van der Waals surface area contributed by atoms with Gasteiger partial charge < -0.3 is 10.2 Å². The molecule has 0 saturated heterocycles. The molecule has 2 aromatic carbocycles. The topological polar surface area (TPSA) is 58.1 Å². The van der Waals surface area contributed by atoms with Gasteiger partial charge in [-0.15, -0.1) is 10.2 Å². The predicted octanol–water partition coefficient (Wildman–Crippen LogP) is 4.79. The highest BCUT2D eigenvalue weighted by molar-refractivity contribution is 8.01. The summed E-state index contributed by atoms with van der Waals surface area (Å²) in [6.45, 7) is 4.49. The zero-order valence-corrected chi connectivity index (χ0v) is 17.5. The standard InChI is InChI=1S/C20H21FN4OS2/c1-13-6-4-9-17(14(13)2)22-19-23-24-20(28-19)27-12-18(26)25(3)11-15-7-5-8-16(21)10-15/h4-10H,11-12H2,1-3H3,(H,22,23). The Morgan fingerprint density at radius 1 is 1.21 bits per heavy atom. The van der Waals surface area contributed by atoms with Crippen molar-refractivity contribution in [1.29, 1.82) is 0 Å². The fourth-order valence-electron chi connectivity index (χ4n) is 2.55. The molecular formula is C20H21FN4OS2. The van der Waals surface area contributed by atoms with Crippen LogP contribution in [0, 0.1) is 19.7 Å². The van der Waals surface area contributed by atoms with Crippen LogP contribution >= 0.6 is 23.1 Å². The Labute approximate surface area is 172 Å². The Kier molecular flexibility index (Phi) is 6.64. The summed E-state index contributed by atoms with van der Waals surface area (Å²) in [4.78, 5) is 13.9. The van der Waals surface area contributed by atoms with E-state index in [-0.39, 0.29) is 17.5 Å². The van der Waals surface area contributed by atoms with Crippen molar-refractivity contribution < 1.29 is 9.18 Å². The van der Waals surface area contributed by atoms with Gasteiger partial charge in [-0.25, -0.2) is 4.39 Å². The van der Waals surface area contributed by atoms with Crippen LogP contribution in [0.5, 0.6) is 0 Å². The van der Waals surface area contributed by atoms with Crippen molar-refractivity contribution in [3.8, 4) is 0 Å². The maximum absolute atomic E-state index is 13.3. The molecule has 3 aromatic rings. The first-order chi connectivity index (χ1) is 13.4. The molecule has 0 bridgehead atoms. The van der Waals surface area contributed by atoms with Crippen LogP contribution in [0.25, 0.3) is 0 Å². The molecule has 28 heavy (non-hydrogen) atoms. The van der Waals surface area contributed by atoms with Gasteiger partial charge in [-0.2, -0.15) is 0 Å². The summed E-state index contributed by atoms with van der Waals surface area (Å²) in [5.41, 5.74) is 4.13. The van der Waals surface area contributed by atoms with E-state index in [4.69, 9.17) is 0 Å². The van der Waals surface area contributed by atoms with Crippen LogP contribution in [-0.2, 0) is 11.3 Å². The van der Waals surface area contributed by atoms with Gasteiger partial charge in [0.2, 0.25) is 11.0 Å². The van der Waals surface area contributed by atoms with Gasteiger partial charge in [0, 0.05) is 19.3 Å². The minimum Gasteiger partial charge on any atom is -0.341 e. The Hall–Kier alpha value is -2.45. The lowest BCUT2D eigenvalue weighted by Gasteiger charge is -2.16. The number of halogens is 1. The minimum atomic E-state index is -0.301. The lowest BCUT2D eigenvalue weighted by molar-refractivity contribution is -0.127. The van der Waals surface area contributed by atoms with E-state index in [1.54, 1.807) is 24.1 Å². The summed E-state index contributed by atoms with van der Waals surface area (Å²) in [5.74, 6) is -0.0943. The Morgan fingerprint density at radius 2 is 2.00 bits per heavy atom. The third-order valence-corrected chi connectivity index (χ3v) is 6.26. The number of rotatable bonds is 7. The van der Waals surface area contributed by atoms with Gasteiger partial charge in [-0.1, -0.05) is 47.4 Å². The number of amides is 1.